The topological polar surface area (TPSA) is 62.2 Å². The van der Waals surface area contributed by atoms with Gasteiger partial charge in [0.25, 0.3) is 0 Å². The molecule has 0 bridgehead atoms. The number of hydrogen-bond acceptors (Lipinski definition) is 4. The second-order valence-corrected chi connectivity index (χ2v) is 8.53. The highest BCUT2D eigenvalue weighted by atomic mass is 16.1. The Bertz CT molecular complexity index is 1090. The molecule has 1 aromatic heterocycles. The fraction of sp³-hybridized carbons (Fsp3) is 0.385. The molecule has 0 fully saturated rings. The van der Waals surface area contributed by atoms with Crippen molar-refractivity contribution in [3.63, 3.8) is 0 Å². The molecule has 6 heteroatoms. The van der Waals surface area contributed by atoms with Gasteiger partial charge in [-0.05, 0) is 68.6 Å². The van der Waals surface area contributed by atoms with Crippen LogP contribution < -0.4 is 10.6 Å². The van der Waals surface area contributed by atoms with E-state index in [-0.39, 0.29) is 5.91 Å². The highest BCUT2D eigenvalue weighted by Gasteiger charge is 2.13. The second kappa shape index (κ2) is 10.6. The summed E-state index contributed by atoms with van der Waals surface area (Å²) >= 11 is 0. The summed E-state index contributed by atoms with van der Waals surface area (Å²) < 4.78 is 2.24. The molecule has 6 nitrogen and oxygen atoms in total. The van der Waals surface area contributed by atoms with E-state index in [0.717, 1.165) is 61.3 Å². The maximum Gasteiger partial charge on any atom is 0.238 e. The largest absolute Gasteiger partial charge is 0.330 e. The number of carbonyl (C=O) groups excluding carboxylic acids is 1. The highest BCUT2D eigenvalue weighted by Crippen LogP contribution is 2.24. The standard InChI is InChI=1S/C26H33N5O/c1-20-16-23(29-25(32)18-27-2)17-24-26(20)31(19-28-24)13-7-6-12-30-14-10-22(11-15-30)21-8-4-3-5-9-21/h3-5,8-10,16-17,19,27H,6-7,11-15,18H2,1-2H3,(H,29,32). The molecule has 32 heavy (non-hydrogen) atoms. The van der Waals surface area contributed by atoms with Gasteiger partial charge in [-0.2, -0.15) is 0 Å². The number of carbonyl (C=O) groups is 1. The minimum absolute atomic E-state index is 0.0471. The lowest BCUT2D eigenvalue weighted by atomic mass is 9.99. The van der Waals surface area contributed by atoms with Gasteiger partial charge in [-0.1, -0.05) is 36.4 Å². The Kier molecular flexibility index (Phi) is 7.35. The van der Waals surface area contributed by atoms with Crippen molar-refractivity contribution >= 4 is 28.2 Å². The molecule has 1 aliphatic heterocycles. The van der Waals surface area contributed by atoms with Gasteiger partial charge in [0.05, 0.1) is 23.9 Å². The Labute approximate surface area is 190 Å². The lowest BCUT2D eigenvalue weighted by Crippen LogP contribution is -2.29. The summed E-state index contributed by atoms with van der Waals surface area (Å²) in [5, 5.41) is 5.79. The van der Waals surface area contributed by atoms with Crippen molar-refractivity contribution in [3.05, 3.63) is 66.0 Å². The van der Waals surface area contributed by atoms with Crippen molar-refractivity contribution < 1.29 is 4.79 Å². The quantitative estimate of drug-likeness (QED) is 0.502. The van der Waals surface area contributed by atoms with Crippen LogP contribution in [0.3, 0.4) is 0 Å². The molecule has 168 valence electrons. The zero-order chi connectivity index (χ0) is 22.3. The first kappa shape index (κ1) is 22.2. The molecule has 2 N–H and O–H groups in total. The predicted octanol–water partition coefficient (Wildman–Crippen LogP) is 4.07. The van der Waals surface area contributed by atoms with E-state index in [1.54, 1.807) is 7.05 Å². The molecule has 0 saturated carbocycles. The number of hydrogen-bond donors (Lipinski definition) is 2. The maximum atomic E-state index is 11.9. The summed E-state index contributed by atoms with van der Waals surface area (Å²) in [5.74, 6) is -0.0471. The maximum absolute atomic E-state index is 11.9. The molecule has 1 amide bonds. The monoisotopic (exact) mass is 431 g/mol. The summed E-state index contributed by atoms with van der Waals surface area (Å²) in [6, 6.07) is 14.7. The van der Waals surface area contributed by atoms with E-state index in [1.807, 2.05) is 18.5 Å². The smallest absolute Gasteiger partial charge is 0.238 e. The first-order valence-corrected chi connectivity index (χ1v) is 11.5. The van der Waals surface area contributed by atoms with Crippen molar-refractivity contribution in [2.24, 2.45) is 0 Å². The molecule has 2 heterocycles. The fourth-order valence-corrected chi connectivity index (χ4v) is 4.48. The van der Waals surface area contributed by atoms with Crippen molar-refractivity contribution in [1.29, 1.82) is 0 Å². The Balaban J connectivity index is 1.28. The molecular weight excluding hydrogens is 398 g/mol. The van der Waals surface area contributed by atoms with Gasteiger partial charge in [-0.25, -0.2) is 4.98 Å². The fourth-order valence-electron chi connectivity index (χ4n) is 4.48. The van der Waals surface area contributed by atoms with Gasteiger partial charge >= 0.3 is 0 Å². The minimum atomic E-state index is -0.0471. The number of aryl methyl sites for hydroxylation is 2. The van der Waals surface area contributed by atoms with E-state index in [1.165, 1.54) is 17.6 Å². The first-order valence-electron chi connectivity index (χ1n) is 11.5. The number of unbranched alkanes of at least 4 members (excludes halogenated alkanes) is 1. The zero-order valence-corrected chi connectivity index (χ0v) is 19.1. The third-order valence-electron chi connectivity index (χ3n) is 6.09. The minimum Gasteiger partial charge on any atom is -0.330 e. The molecule has 3 aromatic rings. The van der Waals surface area contributed by atoms with Crippen molar-refractivity contribution in [3.8, 4) is 0 Å². The summed E-state index contributed by atoms with van der Waals surface area (Å²) in [6.07, 6.45) is 7.73. The summed E-state index contributed by atoms with van der Waals surface area (Å²) in [6.45, 7) is 6.65. The average molecular weight is 432 g/mol. The number of amides is 1. The number of imidazole rings is 1. The van der Waals surface area contributed by atoms with Gasteiger partial charge in [0.1, 0.15) is 0 Å². The number of benzene rings is 2. The van der Waals surface area contributed by atoms with Crippen LogP contribution in [0.2, 0.25) is 0 Å². The van der Waals surface area contributed by atoms with Crippen LogP contribution in [-0.2, 0) is 11.3 Å². The van der Waals surface area contributed by atoms with Crippen molar-refractivity contribution in [1.82, 2.24) is 19.8 Å². The number of aromatic nitrogens is 2. The van der Waals surface area contributed by atoms with Gasteiger partial charge in [-0.15, -0.1) is 0 Å². The number of nitrogens with one attached hydrogen (secondary N) is 2. The lowest BCUT2D eigenvalue weighted by molar-refractivity contribution is -0.115. The van der Waals surface area contributed by atoms with Gasteiger partial charge in [-0.3, -0.25) is 9.69 Å². The molecule has 0 saturated heterocycles. The van der Waals surface area contributed by atoms with E-state index in [4.69, 9.17) is 0 Å². The first-order chi connectivity index (χ1) is 15.6. The normalized spacial score (nSPS) is 14.5. The van der Waals surface area contributed by atoms with E-state index in [0.29, 0.717) is 6.54 Å². The van der Waals surface area contributed by atoms with Crippen LogP contribution in [0.25, 0.3) is 16.6 Å². The van der Waals surface area contributed by atoms with Gasteiger partial charge in [0, 0.05) is 25.3 Å². The van der Waals surface area contributed by atoms with Crippen molar-refractivity contribution in [2.45, 2.75) is 32.7 Å². The summed E-state index contributed by atoms with van der Waals surface area (Å²) in [5.41, 5.74) is 6.86. The van der Waals surface area contributed by atoms with Crippen LogP contribution in [-0.4, -0.2) is 53.6 Å². The van der Waals surface area contributed by atoms with Crippen molar-refractivity contribution in [2.75, 3.05) is 38.5 Å². The molecular formula is C26H33N5O. The zero-order valence-electron chi connectivity index (χ0n) is 19.1. The predicted molar refractivity (Wildman–Crippen MR) is 132 cm³/mol. The van der Waals surface area contributed by atoms with E-state index in [2.05, 4.69) is 68.4 Å². The summed E-state index contributed by atoms with van der Waals surface area (Å²) in [4.78, 5) is 19.0. The van der Waals surface area contributed by atoms with Crippen LogP contribution >= 0.6 is 0 Å². The molecule has 0 spiro atoms. The summed E-state index contributed by atoms with van der Waals surface area (Å²) in [7, 11) is 1.76. The van der Waals surface area contributed by atoms with Gasteiger partial charge < -0.3 is 15.2 Å². The van der Waals surface area contributed by atoms with Gasteiger partial charge in [0.2, 0.25) is 5.91 Å². The van der Waals surface area contributed by atoms with Crippen LogP contribution in [0, 0.1) is 6.92 Å². The van der Waals surface area contributed by atoms with Crippen LogP contribution in [0.4, 0.5) is 5.69 Å². The molecule has 0 aliphatic carbocycles. The number of nitrogens with zero attached hydrogens (tertiary/aromatic N) is 3. The molecule has 0 radical (unpaired) electrons. The highest BCUT2D eigenvalue weighted by molar-refractivity contribution is 5.95. The number of anilines is 1. The molecule has 2 aromatic carbocycles. The third-order valence-corrected chi connectivity index (χ3v) is 6.09. The Morgan fingerprint density at radius 3 is 2.69 bits per heavy atom. The Hall–Kier alpha value is -2.96. The van der Waals surface area contributed by atoms with E-state index >= 15 is 0 Å². The Morgan fingerprint density at radius 1 is 1.12 bits per heavy atom. The van der Waals surface area contributed by atoms with Gasteiger partial charge in [0.15, 0.2) is 0 Å². The molecule has 0 atom stereocenters. The third kappa shape index (κ3) is 5.44. The SMILES string of the molecule is CNCC(=O)Nc1cc(C)c2c(c1)ncn2CCCCN1CC=C(c2ccccc2)CC1. The van der Waals surface area contributed by atoms with Crippen LogP contribution in [0.15, 0.2) is 54.9 Å². The number of rotatable bonds is 9. The Morgan fingerprint density at radius 2 is 1.94 bits per heavy atom. The number of fused-ring (bicyclic) bond motifs is 1. The molecule has 4 rings (SSSR count). The van der Waals surface area contributed by atoms with E-state index in [9.17, 15) is 4.79 Å². The lowest BCUT2D eigenvalue weighted by Gasteiger charge is -2.26. The average Bonchev–Trinajstić information content (AvgIpc) is 3.21. The number of likely N-dealkylation sites (N-methyl/N-ethyl adjacent to an activating group) is 1. The van der Waals surface area contributed by atoms with E-state index < -0.39 is 0 Å². The molecule has 0 unspecified atom stereocenters. The van der Waals surface area contributed by atoms with Crippen LogP contribution in [0.1, 0.15) is 30.4 Å². The van der Waals surface area contributed by atoms with Crippen LogP contribution in [0.5, 0.6) is 0 Å². The molecule has 1 aliphatic rings. The second-order valence-electron chi connectivity index (χ2n) is 8.53.